The summed E-state index contributed by atoms with van der Waals surface area (Å²) in [6.45, 7) is 11.9. The maximum Gasteiger partial charge on any atom is 0.0280 e. The number of hydrogen-bond acceptors (Lipinski definition) is 0. The lowest BCUT2D eigenvalue weighted by molar-refractivity contribution is 0.0836. The van der Waals surface area contributed by atoms with E-state index in [1.165, 1.54) is 44.9 Å². The fourth-order valence-electron chi connectivity index (χ4n) is 3.82. The van der Waals surface area contributed by atoms with Crippen molar-refractivity contribution in [2.45, 2.75) is 79.6 Å². The second-order valence-electron chi connectivity index (χ2n) is 7.87. The van der Waals surface area contributed by atoms with Crippen LogP contribution in [0, 0.1) is 22.7 Å². The van der Waals surface area contributed by atoms with E-state index in [9.17, 15) is 0 Å². The normalized spacial score (nSPS) is 31.3. The molecule has 0 aromatic carbocycles. The molecule has 0 nitrogen and oxygen atoms in total. The van der Waals surface area contributed by atoms with Gasteiger partial charge in [-0.15, -0.1) is 11.6 Å². The standard InChI is InChI=1S/C17H33Cl/c1-6-7-14(2)12-17(13-18)10-8-15(9-11-17)16(3,4)5/h14-15H,6-13H2,1-5H3. The summed E-state index contributed by atoms with van der Waals surface area (Å²) in [5.74, 6) is 2.62. The Morgan fingerprint density at radius 2 is 1.78 bits per heavy atom. The van der Waals surface area contributed by atoms with Crippen molar-refractivity contribution in [2.24, 2.45) is 22.7 Å². The highest BCUT2D eigenvalue weighted by molar-refractivity contribution is 6.18. The molecule has 108 valence electrons. The van der Waals surface area contributed by atoms with Crippen molar-refractivity contribution in [2.75, 3.05) is 5.88 Å². The first kappa shape index (κ1) is 16.3. The minimum atomic E-state index is 0.456. The van der Waals surface area contributed by atoms with E-state index in [0.717, 1.165) is 17.7 Å². The van der Waals surface area contributed by atoms with E-state index in [-0.39, 0.29) is 0 Å². The molecule has 1 fully saturated rings. The molecule has 1 aliphatic rings. The monoisotopic (exact) mass is 272 g/mol. The van der Waals surface area contributed by atoms with Crippen molar-refractivity contribution >= 4 is 11.6 Å². The Bertz CT molecular complexity index is 230. The molecule has 1 atom stereocenters. The maximum absolute atomic E-state index is 6.34. The fraction of sp³-hybridized carbons (Fsp3) is 1.00. The minimum absolute atomic E-state index is 0.456. The van der Waals surface area contributed by atoms with Gasteiger partial charge in [0.15, 0.2) is 0 Å². The summed E-state index contributed by atoms with van der Waals surface area (Å²) in [5.41, 5.74) is 0.936. The number of rotatable bonds is 5. The highest BCUT2D eigenvalue weighted by Crippen LogP contribution is 2.49. The first-order valence-corrected chi connectivity index (χ1v) is 8.42. The topological polar surface area (TPSA) is 0 Å². The predicted molar refractivity (Wildman–Crippen MR) is 83.3 cm³/mol. The summed E-state index contributed by atoms with van der Waals surface area (Å²) in [6, 6.07) is 0. The Morgan fingerprint density at radius 1 is 1.22 bits per heavy atom. The van der Waals surface area contributed by atoms with E-state index in [0.29, 0.717) is 10.8 Å². The van der Waals surface area contributed by atoms with Gasteiger partial charge in [0.2, 0.25) is 0 Å². The minimum Gasteiger partial charge on any atom is -0.126 e. The molecule has 0 amide bonds. The Morgan fingerprint density at radius 3 is 2.17 bits per heavy atom. The molecular weight excluding hydrogens is 240 g/mol. The van der Waals surface area contributed by atoms with E-state index in [4.69, 9.17) is 11.6 Å². The molecular formula is C17H33Cl. The predicted octanol–water partition coefficient (Wildman–Crippen LogP) is 6.27. The molecule has 0 N–H and O–H groups in total. The summed E-state index contributed by atoms with van der Waals surface area (Å²) in [5, 5.41) is 0. The third-order valence-electron chi connectivity index (χ3n) is 5.12. The Hall–Kier alpha value is 0.290. The van der Waals surface area contributed by atoms with Gasteiger partial charge in [-0.25, -0.2) is 0 Å². The third kappa shape index (κ3) is 4.44. The molecule has 1 saturated carbocycles. The van der Waals surface area contributed by atoms with Gasteiger partial charge in [-0.1, -0.05) is 47.5 Å². The molecule has 0 aromatic heterocycles. The lowest BCUT2D eigenvalue weighted by Crippen LogP contribution is -2.35. The molecule has 1 aliphatic carbocycles. The van der Waals surface area contributed by atoms with Crippen LogP contribution in [0.3, 0.4) is 0 Å². The lowest BCUT2D eigenvalue weighted by Gasteiger charge is -2.44. The van der Waals surface area contributed by atoms with Crippen LogP contribution in [-0.2, 0) is 0 Å². The van der Waals surface area contributed by atoms with Crippen molar-refractivity contribution in [3.8, 4) is 0 Å². The molecule has 18 heavy (non-hydrogen) atoms. The van der Waals surface area contributed by atoms with E-state index in [2.05, 4.69) is 34.6 Å². The maximum atomic E-state index is 6.34. The Balaban J connectivity index is 2.54. The smallest absolute Gasteiger partial charge is 0.0280 e. The highest BCUT2D eigenvalue weighted by Gasteiger charge is 2.38. The Kier molecular flexibility index (Phi) is 6.03. The first-order chi connectivity index (χ1) is 8.33. The Labute approximate surface area is 120 Å². The zero-order valence-electron chi connectivity index (χ0n) is 13.2. The van der Waals surface area contributed by atoms with E-state index >= 15 is 0 Å². The summed E-state index contributed by atoms with van der Waals surface area (Å²) < 4.78 is 0. The van der Waals surface area contributed by atoms with Crippen LogP contribution >= 0.6 is 11.6 Å². The van der Waals surface area contributed by atoms with Gasteiger partial charge in [-0.05, 0) is 54.8 Å². The van der Waals surface area contributed by atoms with Gasteiger partial charge in [-0.3, -0.25) is 0 Å². The average molecular weight is 273 g/mol. The van der Waals surface area contributed by atoms with Crippen LogP contribution in [0.25, 0.3) is 0 Å². The van der Waals surface area contributed by atoms with Gasteiger partial charge in [0.1, 0.15) is 0 Å². The summed E-state index contributed by atoms with van der Waals surface area (Å²) in [6.07, 6.45) is 9.50. The van der Waals surface area contributed by atoms with E-state index in [1.807, 2.05) is 0 Å². The molecule has 1 rings (SSSR count). The van der Waals surface area contributed by atoms with Gasteiger partial charge in [-0.2, -0.15) is 0 Å². The fourth-order valence-corrected chi connectivity index (χ4v) is 4.20. The molecule has 0 aromatic rings. The molecule has 0 saturated heterocycles. The quantitative estimate of drug-likeness (QED) is 0.517. The largest absolute Gasteiger partial charge is 0.126 e. The molecule has 0 radical (unpaired) electrons. The zero-order valence-corrected chi connectivity index (χ0v) is 13.9. The number of hydrogen-bond donors (Lipinski definition) is 0. The summed E-state index contributed by atoms with van der Waals surface area (Å²) in [4.78, 5) is 0. The molecule has 0 spiro atoms. The van der Waals surface area contributed by atoms with Crippen LogP contribution in [0.1, 0.15) is 79.6 Å². The van der Waals surface area contributed by atoms with Gasteiger partial charge in [0.05, 0.1) is 0 Å². The van der Waals surface area contributed by atoms with Gasteiger partial charge < -0.3 is 0 Å². The van der Waals surface area contributed by atoms with E-state index in [1.54, 1.807) is 0 Å². The van der Waals surface area contributed by atoms with Crippen LogP contribution in [-0.4, -0.2) is 5.88 Å². The lowest BCUT2D eigenvalue weighted by atomic mass is 9.62. The van der Waals surface area contributed by atoms with Crippen LogP contribution < -0.4 is 0 Å². The molecule has 1 unspecified atom stereocenters. The third-order valence-corrected chi connectivity index (χ3v) is 5.68. The van der Waals surface area contributed by atoms with Crippen molar-refractivity contribution < 1.29 is 0 Å². The van der Waals surface area contributed by atoms with Gasteiger partial charge >= 0.3 is 0 Å². The van der Waals surface area contributed by atoms with Crippen molar-refractivity contribution in [1.29, 1.82) is 0 Å². The van der Waals surface area contributed by atoms with E-state index < -0.39 is 0 Å². The SMILES string of the molecule is CCCC(C)CC1(CCl)CCC(C(C)(C)C)CC1. The second-order valence-corrected chi connectivity index (χ2v) is 8.14. The molecule has 0 bridgehead atoms. The summed E-state index contributed by atoms with van der Waals surface area (Å²) in [7, 11) is 0. The van der Waals surface area contributed by atoms with Crippen LogP contribution in [0.15, 0.2) is 0 Å². The van der Waals surface area contributed by atoms with Crippen molar-refractivity contribution in [3.05, 3.63) is 0 Å². The molecule has 0 heterocycles. The average Bonchev–Trinajstić information content (AvgIpc) is 2.28. The second kappa shape index (κ2) is 6.64. The zero-order chi connectivity index (χ0) is 13.8. The first-order valence-electron chi connectivity index (χ1n) is 7.89. The van der Waals surface area contributed by atoms with Crippen LogP contribution in [0.5, 0.6) is 0 Å². The highest BCUT2D eigenvalue weighted by atomic mass is 35.5. The number of alkyl halides is 1. The summed E-state index contributed by atoms with van der Waals surface area (Å²) >= 11 is 6.34. The van der Waals surface area contributed by atoms with Crippen molar-refractivity contribution in [3.63, 3.8) is 0 Å². The van der Waals surface area contributed by atoms with Gasteiger partial charge in [0.25, 0.3) is 0 Å². The van der Waals surface area contributed by atoms with Crippen LogP contribution in [0.2, 0.25) is 0 Å². The van der Waals surface area contributed by atoms with Crippen molar-refractivity contribution in [1.82, 2.24) is 0 Å². The molecule has 1 heteroatoms. The molecule has 0 aliphatic heterocycles. The number of halogens is 1. The van der Waals surface area contributed by atoms with Gasteiger partial charge in [0, 0.05) is 5.88 Å². The van der Waals surface area contributed by atoms with Crippen LogP contribution in [0.4, 0.5) is 0 Å².